The van der Waals surface area contributed by atoms with Crippen LogP contribution < -0.4 is 0 Å². The van der Waals surface area contributed by atoms with Gasteiger partial charge in [-0.3, -0.25) is 4.79 Å². The maximum Gasteiger partial charge on any atom is 0.262 e. The van der Waals surface area contributed by atoms with Crippen molar-refractivity contribution in [2.75, 3.05) is 26.4 Å². The second kappa shape index (κ2) is 5.24. The van der Waals surface area contributed by atoms with Gasteiger partial charge in [-0.2, -0.15) is 0 Å². The first kappa shape index (κ1) is 11.4. The van der Waals surface area contributed by atoms with E-state index in [1.807, 2.05) is 18.2 Å². The zero-order chi connectivity index (χ0) is 10.6. The second-order valence-electron chi connectivity index (χ2n) is 3.31. The number of carbonyl (C=O) groups excluding carboxylic acids is 1. The molecule has 4 nitrogen and oxygen atoms in total. The summed E-state index contributed by atoms with van der Waals surface area (Å²) in [4.78, 5) is 13.4. The molecule has 1 rings (SSSR count). The molecular weight excluding hydrogens is 198 g/mol. The molecule has 0 fully saturated rings. The first-order valence-electron chi connectivity index (χ1n) is 4.83. The molecule has 0 saturated carbocycles. The average molecular weight is 215 g/mol. The van der Waals surface area contributed by atoms with Crippen LogP contribution in [0.4, 0.5) is 0 Å². The van der Waals surface area contributed by atoms with Crippen molar-refractivity contribution < 1.29 is 4.79 Å². The third-order valence-electron chi connectivity index (χ3n) is 2.10. The summed E-state index contributed by atoms with van der Waals surface area (Å²) in [6, 6.07) is 0. The first-order valence-corrected chi connectivity index (χ1v) is 6.05. The summed E-state index contributed by atoms with van der Waals surface area (Å²) in [5.74, 6) is 0.0961. The van der Waals surface area contributed by atoms with Gasteiger partial charge >= 0.3 is 0 Å². The quantitative estimate of drug-likeness (QED) is 0.709. The molecule has 0 N–H and O–H groups in total. The summed E-state index contributed by atoms with van der Waals surface area (Å²) in [6.45, 7) is 3.30. The third-order valence-corrected chi connectivity index (χ3v) is 2.86. The molecule has 0 saturated heterocycles. The minimum absolute atomic E-state index is 0.0961. The van der Waals surface area contributed by atoms with E-state index in [-0.39, 0.29) is 5.91 Å². The van der Waals surface area contributed by atoms with Gasteiger partial charge in [-0.05, 0) is 12.7 Å². The monoisotopic (exact) mass is 215 g/mol. The largest absolute Gasteiger partial charge is 0.344 e. The molecule has 0 aliphatic carbocycles. The van der Waals surface area contributed by atoms with E-state index in [4.69, 9.17) is 0 Å². The fourth-order valence-electron chi connectivity index (χ4n) is 1.27. The fourth-order valence-corrected chi connectivity index (χ4v) is 1.82. The molecule has 0 aromatic heterocycles. The first-order chi connectivity index (χ1) is 6.69. The summed E-state index contributed by atoms with van der Waals surface area (Å²) in [5, 5.41) is 6.80. The Hall–Kier alpha value is -0.710. The molecule has 0 atom stereocenters. The Morgan fingerprint density at radius 3 is 2.86 bits per heavy atom. The Kier molecular flexibility index (Phi) is 4.25. The molecule has 1 amide bonds. The van der Waals surface area contributed by atoms with Crippen molar-refractivity contribution in [3.05, 3.63) is 0 Å². The molecule has 80 valence electrons. The maximum absolute atomic E-state index is 11.5. The SMILES string of the molecule is CCCCN1N=C(SC)N(C)CC1=O. The predicted molar refractivity (Wildman–Crippen MR) is 60.2 cm³/mol. The van der Waals surface area contributed by atoms with Crippen molar-refractivity contribution in [3.8, 4) is 0 Å². The molecule has 0 bridgehead atoms. The van der Waals surface area contributed by atoms with Crippen molar-refractivity contribution in [1.29, 1.82) is 0 Å². The lowest BCUT2D eigenvalue weighted by molar-refractivity contribution is -0.132. The van der Waals surface area contributed by atoms with E-state index in [2.05, 4.69) is 12.0 Å². The van der Waals surface area contributed by atoms with Gasteiger partial charge in [0.05, 0.1) is 0 Å². The minimum atomic E-state index is 0.0961. The van der Waals surface area contributed by atoms with Gasteiger partial charge in [0.15, 0.2) is 5.17 Å². The number of amides is 1. The Balaban J connectivity index is 2.64. The highest BCUT2D eigenvalue weighted by atomic mass is 32.2. The lowest BCUT2D eigenvalue weighted by Gasteiger charge is -2.29. The lowest BCUT2D eigenvalue weighted by Crippen LogP contribution is -2.44. The number of carbonyl (C=O) groups is 1. The van der Waals surface area contributed by atoms with Crippen LogP contribution in [-0.4, -0.2) is 47.4 Å². The van der Waals surface area contributed by atoms with Crippen LogP contribution in [0, 0.1) is 0 Å². The number of likely N-dealkylation sites (N-methyl/N-ethyl adjacent to an activating group) is 1. The molecule has 1 aliphatic rings. The number of hydrazone groups is 1. The van der Waals surface area contributed by atoms with E-state index in [1.54, 1.807) is 16.8 Å². The zero-order valence-electron chi connectivity index (χ0n) is 8.99. The highest BCUT2D eigenvalue weighted by molar-refractivity contribution is 8.13. The summed E-state index contributed by atoms with van der Waals surface area (Å²) < 4.78 is 0. The molecule has 0 aromatic rings. The summed E-state index contributed by atoms with van der Waals surface area (Å²) in [5.41, 5.74) is 0. The minimum Gasteiger partial charge on any atom is -0.344 e. The van der Waals surface area contributed by atoms with Crippen LogP contribution in [0.3, 0.4) is 0 Å². The lowest BCUT2D eigenvalue weighted by atomic mass is 10.3. The number of hydrogen-bond acceptors (Lipinski definition) is 4. The van der Waals surface area contributed by atoms with Crippen molar-refractivity contribution in [3.63, 3.8) is 0 Å². The highest BCUT2D eigenvalue weighted by Crippen LogP contribution is 2.12. The number of thioether (sulfide) groups is 1. The van der Waals surface area contributed by atoms with Crippen LogP contribution in [0.2, 0.25) is 0 Å². The van der Waals surface area contributed by atoms with E-state index >= 15 is 0 Å². The van der Waals surface area contributed by atoms with Crippen molar-refractivity contribution >= 4 is 22.8 Å². The van der Waals surface area contributed by atoms with Gasteiger partial charge in [-0.15, -0.1) is 5.10 Å². The van der Waals surface area contributed by atoms with Crippen LogP contribution in [0.5, 0.6) is 0 Å². The summed E-state index contributed by atoms with van der Waals surface area (Å²) in [7, 11) is 1.89. The van der Waals surface area contributed by atoms with E-state index in [9.17, 15) is 4.79 Å². The molecule has 14 heavy (non-hydrogen) atoms. The van der Waals surface area contributed by atoms with E-state index < -0.39 is 0 Å². The van der Waals surface area contributed by atoms with E-state index in [0.717, 1.165) is 24.6 Å². The van der Waals surface area contributed by atoms with Gasteiger partial charge in [-0.25, -0.2) is 5.01 Å². The number of amidine groups is 1. The van der Waals surface area contributed by atoms with Crippen LogP contribution in [0.15, 0.2) is 5.10 Å². The molecule has 1 heterocycles. The van der Waals surface area contributed by atoms with E-state index in [0.29, 0.717) is 6.54 Å². The number of nitrogens with zero attached hydrogens (tertiary/aromatic N) is 3. The highest BCUT2D eigenvalue weighted by Gasteiger charge is 2.22. The van der Waals surface area contributed by atoms with Crippen molar-refractivity contribution in [2.24, 2.45) is 5.10 Å². The Morgan fingerprint density at radius 2 is 2.29 bits per heavy atom. The summed E-state index contributed by atoms with van der Waals surface area (Å²) >= 11 is 1.58. The van der Waals surface area contributed by atoms with Crippen LogP contribution in [-0.2, 0) is 4.79 Å². The molecule has 0 aromatic carbocycles. The van der Waals surface area contributed by atoms with Gasteiger partial charge in [0.1, 0.15) is 6.54 Å². The number of hydrogen-bond donors (Lipinski definition) is 0. The molecule has 5 heteroatoms. The fraction of sp³-hybridized carbons (Fsp3) is 0.778. The molecule has 0 unspecified atom stereocenters. The van der Waals surface area contributed by atoms with E-state index in [1.165, 1.54) is 0 Å². The Bertz CT molecular complexity index is 242. The van der Waals surface area contributed by atoms with Gasteiger partial charge in [0.25, 0.3) is 5.91 Å². The molecule has 1 aliphatic heterocycles. The topological polar surface area (TPSA) is 35.9 Å². The maximum atomic E-state index is 11.5. The average Bonchev–Trinajstić information content (AvgIpc) is 2.17. The number of unbranched alkanes of at least 4 members (excludes halogenated alkanes) is 1. The van der Waals surface area contributed by atoms with Crippen LogP contribution in [0.1, 0.15) is 19.8 Å². The smallest absolute Gasteiger partial charge is 0.262 e. The van der Waals surface area contributed by atoms with Gasteiger partial charge in [-0.1, -0.05) is 25.1 Å². The number of rotatable bonds is 3. The Labute approximate surface area is 89.3 Å². The van der Waals surface area contributed by atoms with Crippen LogP contribution in [0.25, 0.3) is 0 Å². The standard InChI is InChI=1S/C9H17N3OS/c1-4-5-6-12-8(13)7-11(2)9(10-12)14-3/h4-7H2,1-3H3. The zero-order valence-corrected chi connectivity index (χ0v) is 9.80. The van der Waals surface area contributed by atoms with Gasteiger partial charge < -0.3 is 4.90 Å². The third kappa shape index (κ3) is 2.64. The Morgan fingerprint density at radius 1 is 1.57 bits per heavy atom. The summed E-state index contributed by atoms with van der Waals surface area (Å²) in [6.07, 6.45) is 4.08. The molecule has 0 radical (unpaired) electrons. The van der Waals surface area contributed by atoms with Gasteiger partial charge in [0, 0.05) is 13.6 Å². The van der Waals surface area contributed by atoms with Crippen molar-refractivity contribution in [1.82, 2.24) is 9.91 Å². The molecular formula is C9H17N3OS. The molecule has 0 spiro atoms. The van der Waals surface area contributed by atoms with Gasteiger partial charge in [0.2, 0.25) is 0 Å². The second-order valence-corrected chi connectivity index (χ2v) is 4.09. The predicted octanol–water partition coefficient (Wildman–Crippen LogP) is 1.19. The van der Waals surface area contributed by atoms with Crippen LogP contribution >= 0.6 is 11.8 Å². The van der Waals surface area contributed by atoms with Crippen molar-refractivity contribution in [2.45, 2.75) is 19.8 Å². The normalized spacial score (nSPS) is 17.4.